The zero-order chi connectivity index (χ0) is 13.1. The van der Waals surface area contributed by atoms with Crippen LogP contribution in [0.1, 0.15) is 21.7 Å². The van der Waals surface area contributed by atoms with Crippen molar-refractivity contribution in [3.8, 4) is 5.88 Å². The Hall–Kier alpha value is -1.95. The third-order valence-corrected chi connectivity index (χ3v) is 3.63. The molecule has 0 unspecified atom stereocenters. The molecule has 5 nitrogen and oxygen atoms in total. The minimum atomic E-state index is -0.951. The van der Waals surface area contributed by atoms with Gasteiger partial charge in [0.25, 0.3) is 0 Å². The number of carboxylic acids is 1. The van der Waals surface area contributed by atoms with Crippen LogP contribution < -0.4 is 4.74 Å². The van der Waals surface area contributed by atoms with Gasteiger partial charge in [-0.1, -0.05) is 6.08 Å². The van der Waals surface area contributed by atoms with E-state index in [0.29, 0.717) is 34.7 Å². The van der Waals surface area contributed by atoms with Crippen molar-refractivity contribution in [3.63, 3.8) is 0 Å². The molecular weight excluding hydrogens is 252 g/mol. The Morgan fingerprint density at radius 1 is 1.61 bits per heavy atom. The van der Waals surface area contributed by atoms with Gasteiger partial charge in [-0.2, -0.15) is 0 Å². The van der Waals surface area contributed by atoms with E-state index >= 15 is 0 Å². The predicted octanol–water partition coefficient (Wildman–Crippen LogP) is 2.65. The lowest BCUT2D eigenvalue weighted by molar-refractivity contribution is 0.0701. The first-order valence-electron chi connectivity index (χ1n) is 5.36. The smallest absolute Gasteiger partial charge is 0.346 e. The first-order chi connectivity index (χ1) is 8.65. The van der Waals surface area contributed by atoms with Crippen LogP contribution >= 0.6 is 11.3 Å². The van der Waals surface area contributed by atoms with E-state index in [4.69, 9.17) is 9.84 Å². The van der Waals surface area contributed by atoms with Crippen molar-refractivity contribution in [2.45, 2.75) is 13.3 Å². The summed E-state index contributed by atoms with van der Waals surface area (Å²) in [4.78, 5) is 20.1. The third-order valence-electron chi connectivity index (χ3n) is 2.45. The number of carbonyl (C=O) groups is 1. The average molecular weight is 264 g/mol. The molecule has 0 aliphatic heterocycles. The van der Waals surface area contributed by atoms with Gasteiger partial charge in [-0.25, -0.2) is 14.8 Å². The number of rotatable bonds is 5. The van der Waals surface area contributed by atoms with Gasteiger partial charge in [0.2, 0.25) is 5.88 Å². The number of thiophene rings is 1. The van der Waals surface area contributed by atoms with Gasteiger partial charge in [-0.05, 0) is 18.9 Å². The second kappa shape index (κ2) is 5.14. The van der Waals surface area contributed by atoms with E-state index in [-0.39, 0.29) is 4.88 Å². The molecule has 0 fully saturated rings. The molecule has 0 aliphatic carbocycles. The van der Waals surface area contributed by atoms with Gasteiger partial charge in [-0.3, -0.25) is 0 Å². The molecule has 2 aromatic heterocycles. The summed E-state index contributed by atoms with van der Waals surface area (Å²) in [6.45, 7) is 5.82. The molecule has 18 heavy (non-hydrogen) atoms. The Morgan fingerprint density at radius 2 is 2.39 bits per heavy atom. The van der Waals surface area contributed by atoms with E-state index in [2.05, 4.69) is 16.5 Å². The molecule has 0 bridgehead atoms. The third kappa shape index (κ3) is 2.19. The fourth-order valence-corrected chi connectivity index (χ4v) is 2.57. The lowest BCUT2D eigenvalue weighted by Gasteiger charge is -2.04. The second-order valence-electron chi connectivity index (χ2n) is 3.65. The summed E-state index contributed by atoms with van der Waals surface area (Å²) in [6.07, 6.45) is 3.84. The van der Waals surface area contributed by atoms with Gasteiger partial charge < -0.3 is 9.84 Å². The van der Waals surface area contributed by atoms with Gasteiger partial charge >= 0.3 is 5.97 Å². The molecule has 2 heterocycles. The lowest BCUT2D eigenvalue weighted by atomic mass is 10.2. The number of hydrogen-bond acceptors (Lipinski definition) is 5. The standard InChI is InChI=1S/C12H12N2O3S/c1-3-4-5-17-10-8-7(2)9(12(15)16)18-11(8)14-6-13-10/h3,6H,1,4-5H2,2H3,(H,15,16). The van der Waals surface area contributed by atoms with Crippen LogP contribution in [0.15, 0.2) is 19.0 Å². The maximum Gasteiger partial charge on any atom is 0.346 e. The van der Waals surface area contributed by atoms with Crippen molar-refractivity contribution >= 4 is 27.5 Å². The zero-order valence-electron chi connectivity index (χ0n) is 9.84. The number of aromatic carboxylic acids is 1. The van der Waals surface area contributed by atoms with Crippen molar-refractivity contribution < 1.29 is 14.6 Å². The quantitative estimate of drug-likeness (QED) is 0.664. The Morgan fingerprint density at radius 3 is 3.06 bits per heavy atom. The second-order valence-corrected chi connectivity index (χ2v) is 4.65. The Bertz CT molecular complexity index is 607. The van der Waals surface area contributed by atoms with E-state index in [1.165, 1.54) is 6.33 Å². The highest BCUT2D eigenvalue weighted by atomic mass is 32.1. The highest BCUT2D eigenvalue weighted by Gasteiger charge is 2.19. The van der Waals surface area contributed by atoms with Crippen LogP contribution in [0.5, 0.6) is 5.88 Å². The van der Waals surface area contributed by atoms with E-state index in [1.807, 2.05) is 0 Å². The normalized spacial score (nSPS) is 10.5. The number of hydrogen-bond donors (Lipinski definition) is 1. The molecule has 1 N–H and O–H groups in total. The topological polar surface area (TPSA) is 72.3 Å². The van der Waals surface area contributed by atoms with Crippen LogP contribution in [0.25, 0.3) is 10.2 Å². The molecule has 6 heteroatoms. The molecular formula is C12H12N2O3S. The summed E-state index contributed by atoms with van der Waals surface area (Å²) < 4.78 is 5.52. The number of aromatic nitrogens is 2. The van der Waals surface area contributed by atoms with Crippen LogP contribution in [-0.4, -0.2) is 27.7 Å². The molecule has 0 radical (unpaired) electrons. The van der Waals surface area contributed by atoms with Crippen molar-refractivity contribution in [1.82, 2.24) is 9.97 Å². The lowest BCUT2D eigenvalue weighted by Crippen LogP contribution is -1.99. The van der Waals surface area contributed by atoms with Crippen LogP contribution in [-0.2, 0) is 0 Å². The van der Waals surface area contributed by atoms with Gasteiger partial charge in [-0.15, -0.1) is 17.9 Å². The van der Waals surface area contributed by atoms with Crippen LogP contribution in [0.2, 0.25) is 0 Å². The van der Waals surface area contributed by atoms with Gasteiger partial charge in [0.1, 0.15) is 16.0 Å². The number of nitrogens with zero attached hydrogens (tertiary/aromatic N) is 2. The van der Waals surface area contributed by atoms with E-state index in [1.54, 1.807) is 13.0 Å². The number of fused-ring (bicyclic) bond motifs is 1. The van der Waals surface area contributed by atoms with Crippen LogP contribution in [0, 0.1) is 6.92 Å². The predicted molar refractivity (Wildman–Crippen MR) is 69.4 cm³/mol. The number of ether oxygens (including phenoxy) is 1. The van der Waals surface area contributed by atoms with Gasteiger partial charge in [0.05, 0.1) is 12.0 Å². The number of carboxylic acid groups (broad SMARTS) is 1. The Labute approximate surface area is 108 Å². The minimum Gasteiger partial charge on any atom is -0.477 e. The van der Waals surface area contributed by atoms with Gasteiger partial charge in [0.15, 0.2) is 0 Å². The number of aryl methyl sites for hydroxylation is 1. The average Bonchev–Trinajstić information content (AvgIpc) is 2.68. The Kier molecular flexibility index (Phi) is 3.57. The van der Waals surface area contributed by atoms with E-state index in [9.17, 15) is 4.79 Å². The monoisotopic (exact) mass is 264 g/mol. The first kappa shape index (κ1) is 12.5. The zero-order valence-corrected chi connectivity index (χ0v) is 10.7. The molecule has 0 saturated carbocycles. The largest absolute Gasteiger partial charge is 0.477 e. The maximum atomic E-state index is 11.1. The molecule has 0 atom stereocenters. The molecule has 0 amide bonds. The summed E-state index contributed by atoms with van der Waals surface area (Å²) in [5.74, 6) is -0.518. The molecule has 0 saturated heterocycles. The SMILES string of the molecule is C=CCCOc1ncnc2sc(C(=O)O)c(C)c12. The Balaban J connectivity index is 2.47. The highest BCUT2D eigenvalue weighted by Crippen LogP contribution is 2.34. The summed E-state index contributed by atoms with van der Waals surface area (Å²) >= 11 is 1.13. The van der Waals surface area contributed by atoms with Crippen molar-refractivity contribution in [2.75, 3.05) is 6.61 Å². The van der Waals surface area contributed by atoms with Crippen LogP contribution in [0.3, 0.4) is 0 Å². The molecule has 2 aromatic rings. The van der Waals surface area contributed by atoms with Gasteiger partial charge in [0, 0.05) is 0 Å². The molecule has 0 aromatic carbocycles. The summed E-state index contributed by atoms with van der Waals surface area (Å²) in [5.41, 5.74) is 0.650. The first-order valence-corrected chi connectivity index (χ1v) is 6.18. The molecule has 2 rings (SSSR count). The van der Waals surface area contributed by atoms with Crippen molar-refractivity contribution in [1.29, 1.82) is 0 Å². The summed E-state index contributed by atoms with van der Waals surface area (Å²) in [5, 5.41) is 9.76. The fourth-order valence-electron chi connectivity index (χ4n) is 1.59. The van der Waals surface area contributed by atoms with E-state index < -0.39 is 5.97 Å². The van der Waals surface area contributed by atoms with Crippen molar-refractivity contribution in [2.24, 2.45) is 0 Å². The van der Waals surface area contributed by atoms with E-state index in [0.717, 1.165) is 11.3 Å². The van der Waals surface area contributed by atoms with Crippen LogP contribution in [0.4, 0.5) is 0 Å². The van der Waals surface area contributed by atoms with Crippen molar-refractivity contribution in [3.05, 3.63) is 29.4 Å². The molecule has 0 aliphatic rings. The maximum absolute atomic E-state index is 11.1. The molecule has 0 spiro atoms. The molecule has 94 valence electrons. The highest BCUT2D eigenvalue weighted by molar-refractivity contribution is 7.20. The summed E-state index contributed by atoms with van der Waals surface area (Å²) in [6, 6.07) is 0. The minimum absolute atomic E-state index is 0.277. The fraction of sp³-hybridized carbons (Fsp3) is 0.250. The summed E-state index contributed by atoms with van der Waals surface area (Å²) in [7, 11) is 0.